The second kappa shape index (κ2) is 6.90. The highest BCUT2D eigenvalue weighted by Crippen LogP contribution is 2.24. The first-order valence-corrected chi connectivity index (χ1v) is 6.39. The predicted octanol–water partition coefficient (Wildman–Crippen LogP) is 1.82. The molecule has 0 unspecified atom stereocenters. The number of hydrogen-bond donors (Lipinski definition) is 1. The number of aromatic carboxylic acids is 1. The van der Waals surface area contributed by atoms with Crippen LogP contribution in [0.25, 0.3) is 0 Å². The standard InChI is InChI=1S/C13H12ClN3O5/c1-20-9-5-10(21-2)17-8(16-9)6-22-12-11(13(18)19)7(14)3-4-15-12/h3-5H,6H2,1-2H3,(H,18,19). The van der Waals surface area contributed by atoms with E-state index in [-0.39, 0.29) is 28.9 Å². The normalized spacial score (nSPS) is 10.1. The molecule has 8 nitrogen and oxygen atoms in total. The topological polar surface area (TPSA) is 104 Å². The molecule has 2 heterocycles. The van der Waals surface area contributed by atoms with Crippen LogP contribution in [-0.2, 0) is 6.61 Å². The van der Waals surface area contributed by atoms with Gasteiger partial charge in [0.2, 0.25) is 17.6 Å². The number of carbonyl (C=O) groups is 1. The minimum absolute atomic E-state index is 0.0293. The maximum atomic E-state index is 11.2. The van der Waals surface area contributed by atoms with Gasteiger partial charge in [-0.25, -0.2) is 9.78 Å². The molecule has 0 saturated heterocycles. The van der Waals surface area contributed by atoms with Crippen molar-refractivity contribution in [2.24, 2.45) is 0 Å². The van der Waals surface area contributed by atoms with Crippen molar-refractivity contribution < 1.29 is 24.1 Å². The van der Waals surface area contributed by atoms with Crippen LogP contribution in [0, 0.1) is 0 Å². The molecule has 116 valence electrons. The summed E-state index contributed by atoms with van der Waals surface area (Å²) in [4.78, 5) is 23.2. The smallest absolute Gasteiger partial charge is 0.342 e. The number of rotatable bonds is 6. The van der Waals surface area contributed by atoms with E-state index in [0.29, 0.717) is 11.8 Å². The highest BCUT2D eigenvalue weighted by molar-refractivity contribution is 6.33. The van der Waals surface area contributed by atoms with Crippen molar-refractivity contribution in [3.05, 3.63) is 34.7 Å². The summed E-state index contributed by atoms with van der Waals surface area (Å²) in [7, 11) is 2.90. The average molecular weight is 326 g/mol. The number of halogens is 1. The minimum Gasteiger partial charge on any atom is -0.481 e. The van der Waals surface area contributed by atoms with Crippen LogP contribution in [-0.4, -0.2) is 40.2 Å². The van der Waals surface area contributed by atoms with E-state index in [9.17, 15) is 4.79 Å². The fourth-order valence-corrected chi connectivity index (χ4v) is 1.80. The average Bonchev–Trinajstić information content (AvgIpc) is 2.52. The zero-order valence-electron chi connectivity index (χ0n) is 11.7. The van der Waals surface area contributed by atoms with Crippen LogP contribution < -0.4 is 14.2 Å². The van der Waals surface area contributed by atoms with Crippen LogP contribution in [0.4, 0.5) is 0 Å². The van der Waals surface area contributed by atoms with Crippen molar-refractivity contribution in [1.29, 1.82) is 0 Å². The van der Waals surface area contributed by atoms with Crippen LogP contribution in [0.1, 0.15) is 16.2 Å². The van der Waals surface area contributed by atoms with Crippen molar-refractivity contribution >= 4 is 17.6 Å². The molecule has 0 aliphatic carbocycles. The van der Waals surface area contributed by atoms with Gasteiger partial charge in [0.1, 0.15) is 12.2 Å². The van der Waals surface area contributed by atoms with E-state index in [1.165, 1.54) is 32.5 Å². The van der Waals surface area contributed by atoms with Crippen LogP contribution in [0.2, 0.25) is 5.02 Å². The third kappa shape index (κ3) is 3.53. The summed E-state index contributed by atoms with van der Waals surface area (Å²) in [5.74, 6) is -0.525. The molecule has 0 aliphatic rings. The van der Waals surface area contributed by atoms with Gasteiger partial charge in [-0.2, -0.15) is 9.97 Å². The van der Waals surface area contributed by atoms with Gasteiger partial charge in [-0.05, 0) is 6.07 Å². The lowest BCUT2D eigenvalue weighted by Gasteiger charge is -2.09. The molecular formula is C13H12ClN3O5. The Bertz CT molecular complexity index is 673. The maximum absolute atomic E-state index is 11.2. The zero-order valence-corrected chi connectivity index (χ0v) is 12.5. The van der Waals surface area contributed by atoms with Gasteiger partial charge in [-0.15, -0.1) is 0 Å². The summed E-state index contributed by atoms with van der Waals surface area (Å²) in [6.45, 7) is -0.124. The fraction of sp³-hybridized carbons (Fsp3) is 0.231. The molecule has 0 aromatic carbocycles. The number of carboxylic acids is 1. The Morgan fingerprint density at radius 3 is 2.45 bits per heavy atom. The molecule has 2 aromatic heterocycles. The number of ether oxygens (including phenoxy) is 3. The SMILES string of the molecule is COc1cc(OC)nc(COc2nccc(Cl)c2C(=O)O)n1. The van der Waals surface area contributed by atoms with E-state index in [4.69, 9.17) is 30.9 Å². The molecule has 0 saturated carbocycles. The number of hydrogen-bond acceptors (Lipinski definition) is 7. The Morgan fingerprint density at radius 1 is 1.27 bits per heavy atom. The van der Waals surface area contributed by atoms with Crippen LogP contribution in [0.3, 0.4) is 0 Å². The Hall–Kier alpha value is -2.61. The van der Waals surface area contributed by atoms with Crippen LogP contribution in [0.5, 0.6) is 17.6 Å². The summed E-state index contributed by atoms with van der Waals surface area (Å²) < 4.78 is 15.4. The second-order valence-electron chi connectivity index (χ2n) is 3.94. The van der Waals surface area contributed by atoms with Gasteiger partial charge in [0.25, 0.3) is 0 Å². The summed E-state index contributed by atoms with van der Waals surface area (Å²) in [6, 6.07) is 2.87. The van der Waals surface area contributed by atoms with Crippen LogP contribution in [0.15, 0.2) is 18.3 Å². The molecule has 2 rings (SSSR count). The van der Waals surface area contributed by atoms with Gasteiger partial charge in [-0.3, -0.25) is 0 Å². The molecule has 1 N–H and O–H groups in total. The largest absolute Gasteiger partial charge is 0.481 e. The third-order valence-electron chi connectivity index (χ3n) is 2.56. The first-order chi connectivity index (χ1) is 10.5. The van der Waals surface area contributed by atoms with E-state index in [1.807, 2.05) is 0 Å². The lowest BCUT2D eigenvalue weighted by Crippen LogP contribution is -2.09. The number of methoxy groups -OCH3 is 2. The van der Waals surface area contributed by atoms with Crippen molar-refractivity contribution in [3.8, 4) is 17.6 Å². The van der Waals surface area contributed by atoms with Crippen molar-refractivity contribution in [2.45, 2.75) is 6.61 Å². The molecule has 0 aliphatic heterocycles. The van der Waals surface area contributed by atoms with E-state index in [0.717, 1.165) is 0 Å². The number of carboxylic acid groups (broad SMARTS) is 1. The van der Waals surface area contributed by atoms with Gasteiger partial charge in [0, 0.05) is 6.20 Å². The summed E-state index contributed by atoms with van der Waals surface area (Å²) in [6.07, 6.45) is 1.34. The first-order valence-electron chi connectivity index (χ1n) is 6.01. The van der Waals surface area contributed by atoms with Gasteiger partial charge in [-0.1, -0.05) is 11.6 Å². The van der Waals surface area contributed by atoms with Gasteiger partial charge >= 0.3 is 5.97 Å². The minimum atomic E-state index is -1.24. The molecule has 0 atom stereocenters. The van der Waals surface area contributed by atoms with E-state index >= 15 is 0 Å². The summed E-state index contributed by atoms with van der Waals surface area (Å²) >= 11 is 5.83. The van der Waals surface area contributed by atoms with Gasteiger partial charge in [0.15, 0.2) is 5.82 Å². The third-order valence-corrected chi connectivity index (χ3v) is 2.88. The molecule has 0 amide bonds. The second-order valence-corrected chi connectivity index (χ2v) is 4.34. The van der Waals surface area contributed by atoms with Crippen molar-refractivity contribution in [3.63, 3.8) is 0 Å². The Labute approximate surface area is 130 Å². The Balaban J connectivity index is 2.24. The van der Waals surface area contributed by atoms with E-state index in [1.54, 1.807) is 0 Å². The summed E-state index contributed by atoms with van der Waals surface area (Å²) in [5.41, 5.74) is -0.223. The molecule has 9 heteroatoms. The first kappa shape index (κ1) is 15.8. The van der Waals surface area contributed by atoms with Crippen molar-refractivity contribution in [2.75, 3.05) is 14.2 Å². The lowest BCUT2D eigenvalue weighted by molar-refractivity contribution is 0.0690. The monoisotopic (exact) mass is 325 g/mol. The molecule has 0 bridgehead atoms. The maximum Gasteiger partial charge on any atom is 0.342 e. The number of aromatic nitrogens is 3. The molecule has 2 aromatic rings. The Morgan fingerprint density at radius 2 is 1.91 bits per heavy atom. The van der Waals surface area contributed by atoms with E-state index in [2.05, 4.69) is 15.0 Å². The van der Waals surface area contributed by atoms with Gasteiger partial charge in [0.05, 0.1) is 25.3 Å². The molecule has 0 radical (unpaired) electrons. The molecular weight excluding hydrogens is 314 g/mol. The van der Waals surface area contributed by atoms with Gasteiger partial charge < -0.3 is 19.3 Å². The molecule has 22 heavy (non-hydrogen) atoms. The van der Waals surface area contributed by atoms with Crippen molar-refractivity contribution in [1.82, 2.24) is 15.0 Å². The predicted molar refractivity (Wildman–Crippen MR) is 75.7 cm³/mol. The quantitative estimate of drug-likeness (QED) is 0.857. The fourth-order valence-electron chi connectivity index (χ4n) is 1.58. The van der Waals surface area contributed by atoms with Crippen LogP contribution >= 0.6 is 11.6 Å². The highest BCUT2D eigenvalue weighted by Gasteiger charge is 2.18. The number of pyridine rings is 1. The molecule has 0 spiro atoms. The zero-order chi connectivity index (χ0) is 16.1. The Kier molecular flexibility index (Phi) is 4.95. The lowest BCUT2D eigenvalue weighted by atomic mass is 10.3. The van der Waals surface area contributed by atoms with E-state index < -0.39 is 5.97 Å². The molecule has 0 fully saturated rings. The number of nitrogens with zero attached hydrogens (tertiary/aromatic N) is 3. The highest BCUT2D eigenvalue weighted by atomic mass is 35.5. The summed E-state index contributed by atoms with van der Waals surface area (Å²) in [5, 5.41) is 9.16.